The molecule has 0 radical (unpaired) electrons. The van der Waals surface area contributed by atoms with Crippen LogP contribution in [0.5, 0.6) is 0 Å². The van der Waals surface area contributed by atoms with E-state index >= 15 is 0 Å². The summed E-state index contributed by atoms with van der Waals surface area (Å²) in [5.74, 6) is 0. The fourth-order valence-electron chi connectivity index (χ4n) is 2.79. The Hall–Kier alpha value is -1.60. The molecule has 2 aromatic carbocycles. The van der Waals surface area contributed by atoms with Gasteiger partial charge in [0.05, 0.1) is 6.61 Å². The molecule has 2 aromatic rings. The summed E-state index contributed by atoms with van der Waals surface area (Å²) in [6, 6.07) is 15.6. The van der Waals surface area contributed by atoms with E-state index in [0.717, 1.165) is 19.4 Å². The van der Waals surface area contributed by atoms with Crippen LogP contribution in [0.2, 0.25) is 0 Å². The molecular weight excluding hydrogens is 208 g/mol. The minimum Gasteiger partial charge on any atom is -0.368 e. The molecule has 1 saturated heterocycles. The summed E-state index contributed by atoms with van der Waals surface area (Å²) in [6.45, 7) is 0.898. The predicted octanol–water partition coefficient (Wildman–Crippen LogP) is 3.52. The minimum atomic E-state index is 0.373. The normalized spacial score (nSPS) is 20.6. The van der Waals surface area contributed by atoms with Crippen molar-refractivity contribution in [1.29, 1.82) is 0 Å². The van der Waals surface area contributed by atoms with Crippen molar-refractivity contribution in [2.75, 3.05) is 6.61 Å². The molecule has 0 aromatic heterocycles. The zero-order valence-corrected chi connectivity index (χ0v) is 9.65. The Balaban J connectivity index is 1.87. The van der Waals surface area contributed by atoms with E-state index in [1.165, 1.54) is 27.8 Å². The van der Waals surface area contributed by atoms with Crippen LogP contribution in [-0.2, 0) is 17.6 Å². The average molecular weight is 222 g/mol. The number of ether oxygens (including phenoxy) is 1. The highest BCUT2D eigenvalue weighted by Gasteiger charge is 2.26. The second kappa shape index (κ2) is 3.44. The van der Waals surface area contributed by atoms with Crippen molar-refractivity contribution in [1.82, 2.24) is 0 Å². The van der Waals surface area contributed by atoms with Crippen molar-refractivity contribution in [2.45, 2.75) is 18.9 Å². The molecule has 0 amide bonds. The standard InChI is InChI=1S/C16H14O/c1-2-4-14-11(3-1)5-6-12-9-13(16-10-17-16)7-8-15(12)14/h1-4,7-9,16H,5-6,10H2. The van der Waals surface area contributed by atoms with E-state index in [4.69, 9.17) is 4.74 Å². The molecule has 84 valence electrons. The molecule has 1 aliphatic heterocycles. The van der Waals surface area contributed by atoms with Crippen LogP contribution in [0.1, 0.15) is 22.8 Å². The SMILES string of the molecule is c1ccc2c(c1)CCc1cc(C3CO3)ccc1-2. The van der Waals surface area contributed by atoms with E-state index in [9.17, 15) is 0 Å². The van der Waals surface area contributed by atoms with Gasteiger partial charge in [0.15, 0.2) is 0 Å². The molecule has 2 aliphatic rings. The summed E-state index contributed by atoms with van der Waals surface area (Å²) >= 11 is 0. The quantitative estimate of drug-likeness (QED) is 0.672. The van der Waals surface area contributed by atoms with Crippen LogP contribution in [0.25, 0.3) is 11.1 Å². The van der Waals surface area contributed by atoms with Crippen molar-refractivity contribution in [2.24, 2.45) is 0 Å². The minimum absolute atomic E-state index is 0.373. The number of epoxide rings is 1. The smallest absolute Gasteiger partial charge is 0.106 e. The fraction of sp³-hybridized carbons (Fsp3) is 0.250. The van der Waals surface area contributed by atoms with Gasteiger partial charge in [-0.25, -0.2) is 0 Å². The Morgan fingerprint density at radius 2 is 1.65 bits per heavy atom. The van der Waals surface area contributed by atoms with Crippen LogP contribution in [0.4, 0.5) is 0 Å². The molecule has 1 fully saturated rings. The lowest BCUT2D eigenvalue weighted by Crippen LogP contribution is -2.04. The number of hydrogen-bond donors (Lipinski definition) is 0. The van der Waals surface area contributed by atoms with Gasteiger partial charge in [-0.15, -0.1) is 0 Å². The van der Waals surface area contributed by atoms with E-state index < -0.39 is 0 Å². The molecule has 0 bridgehead atoms. The van der Waals surface area contributed by atoms with Gasteiger partial charge in [-0.05, 0) is 40.7 Å². The maximum Gasteiger partial charge on any atom is 0.106 e. The molecule has 1 heteroatoms. The molecular formula is C16H14O. The monoisotopic (exact) mass is 222 g/mol. The van der Waals surface area contributed by atoms with Crippen molar-refractivity contribution in [3.05, 3.63) is 59.2 Å². The Morgan fingerprint density at radius 3 is 2.53 bits per heavy atom. The van der Waals surface area contributed by atoms with E-state index in [1.807, 2.05) is 0 Å². The van der Waals surface area contributed by atoms with Crippen molar-refractivity contribution in [3.8, 4) is 11.1 Å². The van der Waals surface area contributed by atoms with Crippen LogP contribution in [0, 0.1) is 0 Å². The lowest BCUT2D eigenvalue weighted by Gasteiger charge is -2.20. The summed E-state index contributed by atoms with van der Waals surface area (Å²) in [5, 5.41) is 0. The number of aryl methyl sites for hydroxylation is 2. The first-order valence-electron chi connectivity index (χ1n) is 6.24. The van der Waals surface area contributed by atoms with Gasteiger partial charge in [0.1, 0.15) is 6.10 Å². The van der Waals surface area contributed by atoms with Crippen LogP contribution in [-0.4, -0.2) is 6.61 Å². The summed E-state index contributed by atoms with van der Waals surface area (Å²) in [5.41, 5.74) is 7.14. The topological polar surface area (TPSA) is 12.5 Å². The maximum absolute atomic E-state index is 5.36. The van der Waals surface area contributed by atoms with E-state index in [-0.39, 0.29) is 0 Å². The predicted molar refractivity (Wildman–Crippen MR) is 68.0 cm³/mol. The molecule has 1 aliphatic carbocycles. The van der Waals surface area contributed by atoms with E-state index in [1.54, 1.807) is 0 Å². The van der Waals surface area contributed by atoms with Crippen LogP contribution in [0.3, 0.4) is 0 Å². The number of benzene rings is 2. The zero-order valence-electron chi connectivity index (χ0n) is 9.65. The van der Waals surface area contributed by atoms with Gasteiger partial charge in [-0.3, -0.25) is 0 Å². The third kappa shape index (κ3) is 1.50. The molecule has 1 unspecified atom stereocenters. The van der Waals surface area contributed by atoms with Gasteiger partial charge >= 0.3 is 0 Å². The van der Waals surface area contributed by atoms with Gasteiger partial charge in [0, 0.05) is 0 Å². The molecule has 1 nitrogen and oxygen atoms in total. The highest BCUT2D eigenvalue weighted by Crippen LogP contribution is 2.37. The second-order valence-electron chi connectivity index (χ2n) is 4.90. The summed E-state index contributed by atoms with van der Waals surface area (Å²) in [6.07, 6.45) is 2.70. The molecule has 4 rings (SSSR count). The summed E-state index contributed by atoms with van der Waals surface area (Å²) < 4.78 is 5.36. The number of rotatable bonds is 1. The highest BCUT2D eigenvalue weighted by atomic mass is 16.6. The third-order valence-electron chi connectivity index (χ3n) is 3.81. The lowest BCUT2D eigenvalue weighted by atomic mass is 9.84. The van der Waals surface area contributed by atoms with Crippen LogP contribution in [0.15, 0.2) is 42.5 Å². The Labute approximate surface area is 101 Å². The molecule has 0 saturated carbocycles. The van der Waals surface area contributed by atoms with Gasteiger partial charge in [0.25, 0.3) is 0 Å². The molecule has 17 heavy (non-hydrogen) atoms. The molecule has 0 spiro atoms. The second-order valence-corrected chi connectivity index (χ2v) is 4.90. The van der Waals surface area contributed by atoms with Crippen LogP contribution < -0.4 is 0 Å². The van der Waals surface area contributed by atoms with Gasteiger partial charge in [-0.2, -0.15) is 0 Å². The number of fused-ring (bicyclic) bond motifs is 3. The highest BCUT2D eigenvalue weighted by molar-refractivity contribution is 5.73. The molecule has 1 atom stereocenters. The first-order chi connectivity index (χ1) is 8.42. The largest absolute Gasteiger partial charge is 0.368 e. The van der Waals surface area contributed by atoms with Crippen molar-refractivity contribution >= 4 is 0 Å². The average Bonchev–Trinajstić information content (AvgIpc) is 3.22. The first kappa shape index (κ1) is 9.43. The third-order valence-corrected chi connectivity index (χ3v) is 3.81. The first-order valence-corrected chi connectivity index (χ1v) is 6.24. The Bertz CT molecular complexity index is 582. The fourth-order valence-corrected chi connectivity index (χ4v) is 2.79. The number of hydrogen-bond acceptors (Lipinski definition) is 1. The van der Waals surface area contributed by atoms with E-state index in [2.05, 4.69) is 42.5 Å². The Morgan fingerprint density at radius 1 is 0.882 bits per heavy atom. The lowest BCUT2D eigenvalue weighted by molar-refractivity contribution is 0.415. The summed E-state index contributed by atoms with van der Waals surface area (Å²) in [7, 11) is 0. The van der Waals surface area contributed by atoms with Crippen molar-refractivity contribution in [3.63, 3.8) is 0 Å². The van der Waals surface area contributed by atoms with Crippen molar-refractivity contribution < 1.29 is 4.74 Å². The molecule has 1 heterocycles. The van der Waals surface area contributed by atoms with E-state index in [0.29, 0.717) is 6.10 Å². The molecule has 0 N–H and O–H groups in total. The van der Waals surface area contributed by atoms with Crippen LogP contribution >= 0.6 is 0 Å². The Kier molecular flexibility index (Phi) is 1.91. The maximum atomic E-state index is 5.36. The van der Waals surface area contributed by atoms with Gasteiger partial charge in [-0.1, -0.05) is 42.5 Å². The van der Waals surface area contributed by atoms with Gasteiger partial charge in [0.2, 0.25) is 0 Å². The zero-order chi connectivity index (χ0) is 11.2. The van der Waals surface area contributed by atoms with Gasteiger partial charge < -0.3 is 4.74 Å². The summed E-state index contributed by atoms with van der Waals surface area (Å²) in [4.78, 5) is 0.